The first-order valence-electron chi connectivity index (χ1n) is 4.53. The molecule has 0 rings (SSSR count). The first kappa shape index (κ1) is 13.0. The third-order valence-corrected chi connectivity index (χ3v) is 1.40. The maximum atomic E-state index is 5.51. The Morgan fingerprint density at radius 2 is 1.40 bits per heavy atom. The van der Waals surface area contributed by atoms with Crippen molar-refractivity contribution in [3.63, 3.8) is 0 Å². The van der Waals surface area contributed by atoms with Crippen molar-refractivity contribution in [2.75, 3.05) is 0 Å². The summed E-state index contributed by atoms with van der Waals surface area (Å²) in [5, 5.41) is 0. The summed E-state index contributed by atoms with van der Waals surface area (Å²) in [5.74, 6) is 1.30. The van der Waals surface area contributed by atoms with Gasteiger partial charge in [0.15, 0.2) is 0 Å². The molecular weight excluding hydrogens is 184 g/mol. The summed E-state index contributed by atoms with van der Waals surface area (Å²) in [6.07, 6.45) is 13.6. The summed E-state index contributed by atoms with van der Waals surface area (Å²) in [7, 11) is 0. The molecular formula is C14H16O. The molecule has 0 aromatic heterocycles. The second-order valence-corrected chi connectivity index (χ2v) is 2.51. The highest BCUT2D eigenvalue weighted by Gasteiger charge is 1.94. The van der Waals surface area contributed by atoms with Gasteiger partial charge in [0.2, 0.25) is 0 Å². The van der Waals surface area contributed by atoms with Gasteiger partial charge in [-0.2, -0.15) is 0 Å². The van der Waals surface area contributed by atoms with Crippen LogP contribution in [0.1, 0.15) is 0 Å². The zero-order chi connectivity index (χ0) is 11.5. The fraction of sp³-hybridized carbons (Fsp3) is 0. The van der Waals surface area contributed by atoms with Crippen molar-refractivity contribution in [3.05, 3.63) is 86.4 Å². The highest BCUT2D eigenvalue weighted by molar-refractivity contribution is 5.25. The van der Waals surface area contributed by atoms with E-state index in [0.717, 1.165) is 0 Å². The van der Waals surface area contributed by atoms with E-state index in [0.29, 0.717) is 11.5 Å². The Morgan fingerprint density at radius 1 is 0.800 bits per heavy atom. The van der Waals surface area contributed by atoms with Gasteiger partial charge in [-0.3, -0.25) is 0 Å². The van der Waals surface area contributed by atoms with Crippen LogP contribution in [0.5, 0.6) is 0 Å². The van der Waals surface area contributed by atoms with Crippen LogP contribution in [0.4, 0.5) is 0 Å². The Bertz CT molecular complexity index is 327. The van der Waals surface area contributed by atoms with Gasteiger partial charge < -0.3 is 4.74 Å². The molecule has 1 heteroatoms. The van der Waals surface area contributed by atoms with E-state index in [1.165, 1.54) is 0 Å². The Morgan fingerprint density at radius 3 is 1.87 bits per heavy atom. The first-order valence-corrected chi connectivity index (χ1v) is 4.53. The normalized spacial score (nSPS) is 12.3. The van der Waals surface area contributed by atoms with Gasteiger partial charge in [-0.25, -0.2) is 0 Å². The molecule has 0 aliphatic carbocycles. The van der Waals surface area contributed by atoms with Crippen molar-refractivity contribution in [1.82, 2.24) is 0 Å². The van der Waals surface area contributed by atoms with Crippen LogP contribution in [-0.2, 0) is 4.74 Å². The van der Waals surface area contributed by atoms with Crippen LogP contribution in [0.2, 0.25) is 0 Å². The summed E-state index contributed by atoms with van der Waals surface area (Å²) in [6.45, 7) is 14.4. The van der Waals surface area contributed by atoms with Crippen molar-refractivity contribution in [2.24, 2.45) is 0 Å². The Hall–Kier alpha value is -2.02. The van der Waals surface area contributed by atoms with E-state index in [9.17, 15) is 0 Å². The van der Waals surface area contributed by atoms with E-state index in [-0.39, 0.29) is 0 Å². The largest absolute Gasteiger partial charge is 0.457 e. The third kappa shape index (κ3) is 6.11. The smallest absolute Gasteiger partial charge is 0.127 e. The zero-order valence-corrected chi connectivity index (χ0v) is 8.86. The van der Waals surface area contributed by atoms with E-state index >= 15 is 0 Å². The minimum absolute atomic E-state index is 0.631. The SMILES string of the molecule is C=C/C=C\C(=C/C=C)O/C(C=C)=C/C=C. The van der Waals surface area contributed by atoms with Crippen molar-refractivity contribution >= 4 is 0 Å². The lowest BCUT2D eigenvalue weighted by Gasteiger charge is -2.05. The molecule has 0 aromatic carbocycles. The maximum absolute atomic E-state index is 5.51. The average Bonchev–Trinajstić information content (AvgIpc) is 2.25. The molecule has 0 fully saturated rings. The van der Waals surface area contributed by atoms with Crippen molar-refractivity contribution in [3.8, 4) is 0 Å². The Balaban J connectivity index is 4.73. The fourth-order valence-electron chi connectivity index (χ4n) is 0.799. The summed E-state index contributed by atoms with van der Waals surface area (Å²) >= 11 is 0. The summed E-state index contributed by atoms with van der Waals surface area (Å²) < 4.78 is 5.51. The van der Waals surface area contributed by atoms with Crippen LogP contribution in [0.15, 0.2) is 86.4 Å². The maximum Gasteiger partial charge on any atom is 0.127 e. The lowest BCUT2D eigenvalue weighted by Crippen LogP contribution is -1.87. The Kier molecular flexibility index (Phi) is 7.42. The topological polar surface area (TPSA) is 9.23 Å². The quantitative estimate of drug-likeness (QED) is 0.444. The molecule has 0 aromatic rings. The van der Waals surface area contributed by atoms with Crippen LogP contribution in [0, 0.1) is 0 Å². The predicted molar refractivity (Wildman–Crippen MR) is 67.2 cm³/mol. The fourth-order valence-corrected chi connectivity index (χ4v) is 0.799. The van der Waals surface area contributed by atoms with Gasteiger partial charge >= 0.3 is 0 Å². The van der Waals surface area contributed by atoms with Gasteiger partial charge in [-0.1, -0.05) is 50.6 Å². The van der Waals surface area contributed by atoms with Gasteiger partial charge in [0.1, 0.15) is 11.5 Å². The van der Waals surface area contributed by atoms with Gasteiger partial charge in [0.25, 0.3) is 0 Å². The summed E-state index contributed by atoms with van der Waals surface area (Å²) in [6, 6.07) is 0. The molecule has 0 bridgehead atoms. The van der Waals surface area contributed by atoms with E-state index in [1.807, 2.05) is 0 Å². The molecule has 0 amide bonds. The monoisotopic (exact) mass is 200 g/mol. The van der Waals surface area contributed by atoms with E-state index < -0.39 is 0 Å². The highest BCUT2D eigenvalue weighted by Crippen LogP contribution is 2.09. The molecule has 0 heterocycles. The standard InChI is InChI=1S/C14H16O/c1-5-9-12-14(11-7-3)15-13(8-4)10-6-2/h5-12H,1-4H2/b12-9-,13-10+,14-11+. The van der Waals surface area contributed by atoms with E-state index in [2.05, 4.69) is 26.3 Å². The molecule has 1 nitrogen and oxygen atoms in total. The first-order chi connectivity index (χ1) is 7.28. The molecule has 0 N–H and O–H groups in total. The van der Waals surface area contributed by atoms with E-state index in [1.54, 1.807) is 48.6 Å². The molecule has 0 saturated carbocycles. The molecule has 78 valence electrons. The predicted octanol–water partition coefficient (Wildman–Crippen LogP) is 4.07. The van der Waals surface area contributed by atoms with Crippen LogP contribution in [-0.4, -0.2) is 0 Å². The summed E-state index contributed by atoms with van der Waals surface area (Å²) in [4.78, 5) is 0. The second-order valence-electron chi connectivity index (χ2n) is 2.51. The highest BCUT2D eigenvalue weighted by atomic mass is 16.5. The molecule has 0 unspecified atom stereocenters. The number of allylic oxidation sites excluding steroid dienone is 8. The number of hydrogen-bond acceptors (Lipinski definition) is 1. The molecule has 0 spiro atoms. The van der Waals surface area contributed by atoms with Gasteiger partial charge in [-0.15, -0.1) is 0 Å². The average molecular weight is 200 g/mol. The minimum Gasteiger partial charge on any atom is -0.457 e. The van der Waals surface area contributed by atoms with Crippen molar-refractivity contribution in [2.45, 2.75) is 0 Å². The second kappa shape index (κ2) is 8.57. The van der Waals surface area contributed by atoms with Crippen LogP contribution in [0.3, 0.4) is 0 Å². The molecule has 0 aliphatic heterocycles. The molecule has 0 radical (unpaired) electrons. The number of ether oxygens (including phenoxy) is 1. The van der Waals surface area contributed by atoms with Gasteiger partial charge in [0.05, 0.1) is 0 Å². The van der Waals surface area contributed by atoms with Gasteiger partial charge in [0, 0.05) is 0 Å². The van der Waals surface area contributed by atoms with Crippen LogP contribution >= 0.6 is 0 Å². The van der Waals surface area contributed by atoms with Crippen LogP contribution in [0.25, 0.3) is 0 Å². The van der Waals surface area contributed by atoms with Gasteiger partial charge in [-0.05, 0) is 24.3 Å². The Labute approximate surface area is 91.8 Å². The molecule has 15 heavy (non-hydrogen) atoms. The summed E-state index contributed by atoms with van der Waals surface area (Å²) in [5.41, 5.74) is 0. The number of rotatable bonds is 7. The molecule has 0 saturated heterocycles. The van der Waals surface area contributed by atoms with Crippen molar-refractivity contribution in [1.29, 1.82) is 0 Å². The third-order valence-electron chi connectivity index (χ3n) is 1.40. The number of hydrogen-bond donors (Lipinski definition) is 0. The lowest BCUT2D eigenvalue weighted by atomic mass is 10.3. The zero-order valence-electron chi connectivity index (χ0n) is 8.86. The molecule has 0 atom stereocenters. The van der Waals surface area contributed by atoms with E-state index in [4.69, 9.17) is 4.74 Å². The lowest BCUT2D eigenvalue weighted by molar-refractivity contribution is 0.336. The van der Waals surface area contributed by atoms with Crippen molar-refractivity contribution < 1.29 is 4.74 Å². The minimum atomic E-state index is 0.631. The van der Waals surface area contributed by atoms with Crippen LogP contribution < -0.4 is 0 Å². The molecule has 0 aliphatic rings.